The molecule has 0 bridgehead atoms. The van der Waals surface area contributed by atoms with Crippen molar-refractivity contribution < 1.29 is 9.90 Å². The fourth-order valence-electron chi connectivity index (χ4n) is 2.84. The van der Waals surface area contributed by atoms with Gasteiger partial charge < -0.3 is 10.0 Å². The van der Waals surface area contributed by atoms with Crippen LogP contribution in [0, 0.1) is 0 Å². The summed E-state index contributed by atoms with van der Waals surface area (Å²) >= 11 is 0.980. The number of nitrogens with zero attached hydrogens (tertiary/aromatic N) is 5. The number of aromatic nitrogens is 5. The van der Waals surface area contributed by atoms with E-state index in [1.165, 1.54) is 6.20 Å². The van der Waals surface area contributed by atoms with Crippen LogP contribution in [0.25, 0.3) is 11.4 Å². The molecule has 3 aromatic rings. The topological polar surface area (TPSA) is 108 Å². The van der Waals surface area contributed by atoms with Gasteiger partial charge in [-0.1, -0.05) is 30.3 Å². The van der Waals surface area contributed by atoms with Gasteiger partial charge in [-0.3, -0.25) is 9.89 Å². The van der Waals surface area contributed by atoms with Crippen LogP contribution in [0.3, 0.4) is 0 Å². The summed E-state index contributed by atoms with van der Waals surface area (Å²) in [6.45, 7) is 0.238. The molecule has 1 amide bonds. The molecule has 9 heteroatoms. The summed E-state index contributed by atoms with van der Waals surface area (Å²) in [5, 5.41) is 17.1. The average molecular weight is 342 g/mol. The average Bonchev–Trinajstić information content (AvgIpc) is 3.35. The molecule has 2 atom stereocenters. The van der Waals surface area contributed by atoms with Crippen LogP contribution in [0.2, 0.25) is 0 Å². The van der Waals surface area contributed by atoms with Crippen LogP contribution in [0.15, 0.2) is 36.5 Å². The van der Waals surface area contributed by atoms with Gasteiger partial charge in [0.05, 0.1) is 30.1 Å². The molecule has 0 aliphatic carbocycles. The third-order valence-corrected chi connectivity index (χ3v) is 4.45. The first-order valence-corrected chi connectivity index (χ1v) is 8.19. The van der Waals surface area contributed by atoms with Crippen LogP contribution in [0.4, 0.5) is 0 Å². The highest BCUT2D eigenvalue weighted by atomic mass is 32.1. The van der Waals surface area contributed by atoms with Crippen LogP contribution in [0.1, 0.15) is 28.8 Å². The van der Waals surface area contributed by atoms with Crippen molar-refractivity contribution in [2.75, 3.05) is 6.54 Å². The van der Waals surface area contributed by atoms with Crippen molar-refractivity contribution in [1.82, 2.24) is 28.8 Å². The number of hydrogen-bond donors (Lipinski definition) is 2. The van der Waals surface area contributed by atoms with E-state index < -0.39 is 6.10 Å². The minimum absolute atomic E-state index is 0.238. The number of hydrogen-bond acceptors (Lipinski definition) is 7. The van der Waals surface area contributed by atoms with E-state index in [0.717, 1.165) is 17.3 Å². The Morgan fingerprint density at radius 3 is 2.92 bits per heavy atom. The van der Waals surface area contributed by atoms with Crippen molar-refractivity contribution in [3.8, 4) is 11.4 Å². The number of aromatic amines is 1. The Morgan fingerprint density at radius 1 is 1.33 bits per heavy atom. The quantitative estimate of drug-likeness (QED) is 0.742. The molecule has 1 aliphatic rings. The molecule has 122 valence electrons. The molecule has 0 unspecified atom stereocenters. The molecule has 1 aliphatic heterocycles. The van der Waals surface area contributed by atoms with Crippen LogP contribution >= 0.6 is 11.7 Å². The zero-order valence-corrected chi connectivity index (χ0v) is 13.3. The first-order valence-electron chi connectivity index (χ1n) is 7.46. The summed E-state index contributed by atoms with van der Waals surface area (Å²) in [4.78, 5) is 18.6. The fraction of sp³-hybridized carbons (Fsp3) is 0.267. The van der Waals surface area contributed by atoms with Crippen LogP contribution in [-0.4, -0.2) is 52.5 Å². The lowest BCUT2D eigenvalue weighted by molar-refractivity contribution is 0.0706. The Morgan fingerprint density at radius 2 is 2.17 bits per heavy atom. The van der Waals surface area contributed by atoms with E-state index in [1.807, 2.05) is 30.3 Å². The first-order chi connectivity index (χ1) is 11.7. The highest BCUT2D eigenvalue weighted by Gasteiger charge is 2.38. The summed E-state index contributed by atoms with van der Waals surface area (Å²) in [7, 11) is 0. The maximum absolute atomic E-state index is 12.6. The standard InChI is InChI=1S/C15H14N6O2S/c22-10-6-12(21(8-10)15(23)11-7-16-24-20-11)14-17-13(18-19-14)9-4-2-1-3-5-9/h1-5,7,10,12,22H,6,8H2,(H,17,18,19)/t10-,12+/m1/s1. The number of β-amino-alcohol motifs (C(OH)–C–C–N with tert-alkyl or cyclic N) is 1. The Balaban J connectivity index is 1.62. The second-order valence-electron chi connectivity index (χ2n) is 5.57. The van der Waals surface area contributed by atoms with E-state index in [9.17, 15) is 9.90 Å². The molecular weight excluding hydrogens is 328 g/mol. The van der Waals surface area contributed by atoms with Crippen molar-refractivity contribution in [2.24, 2.45) is 0 Å². The number of likely N-dealkylation sites (tertiary alicyclic amines) is 1. The van der Waals surface area contributed by atoms with E-state index in [-0.39, 0.29) is 24.2 Å². The monoisotopic (exact) mass is 342 g/mol. The molecule has 24 heavy (non-hydrogen) atoms. The predicted molar refractivity (Wildman–Crippen MR) is 86.1 cm³/mol. The number of carbonyl (C=O) groups excluding carboxylic acids is 1. The molecule has 1 fully saturated rings. The van der Waals surface area contributed by atoms with Crippen LogP contribution < -0.4 is 0 Å². The van der Waals surface area contributed by atoms with Crippen LogP contribution in [0.5, 0.6) is 0 Å². The third kappa shape index (κ3) is 2.68. The zero-order valence-electron chi connectivity index (χ0n) is 12.5. The Hall–Kier alpha value is -2.65. The molecular formula is C15H14N6O2S. The molecule has 3 heterocycles. The maximum Gasteiger partial charge on any atom is 0.275 e. The number of H-pyrrole nitrogens is 1. The normalized spacial score (nSPS) is 20.5. The summed E-state index contributed by atoms with van der Waals surface area (Å²) in [6.07, 6.45) is 1.24. The molecule has 0 spiro atoms. The van der Waals surface area contributed by atoms with Gasteiger partial charge in [-0.25, -0.2) is 4.98 Å². The van der Waals surface area contributed by atoms with E-state index >= 15 is 0 Å². The number of amides is 1. The Kier molecular flexibility index (Phi) is 3.79. The van der Waals surface area contributed by atoms with Crippen molar-refractivity contribution in [3.05, 3.63) is 48.0 Å². The minimum Gasteiger partial charge on any atom is -0.391 e. The number of aliphatic hydroxyl groups is 1. The number of aliphatic hydroxyl groups excluding tert-OH is 1. The Labute approximate surface area is 141 Å². The van der Waals surface area contributed by atoms with Crippen molar-refractivity contribution >= 4 is 17.6 Å². The van der Waals surface area contributed by atoms with Gasteiger partial charge in [0.25, 0.3) is 5.91 Å². The summed E-state index contributed by atoms with van der Waals surface area (Å²) < 4.78 is 7.84. The number of rotatable bonds is 3. The van der Waals surface area contributed by atoms with E-state index in [1.54, 1.807) is 4.90 Å². The van der Waals surface area contributed by atoms with Gasteiger partial charge in [-0.05, 0) is 0 Å². The third-order valence-electron chi connectivity index (χ3n) is 3.97. The number of benzene rings is 1. The minimum atomic E-state index is -0.601. The second-order valence-corrected chi connectivity index (χ2v) is 6.12. The molecule has 2 aromatic heterocycles. The second kappa shape index (κ2) is 6.10. The van der Waals surface area contributed by atoms with E-state index in [0.29, 0.717) is 18.1 Å². The highest BCUT2D eigenvalue weighted by molar-refractivity contribution is 6.99. The van der Waals surface area contributed by atoms with E-state index in [4.69, 9.17) is 0 Å². The molecule has 2 N–H and O–H groups in total. The zero-order chi connectivity index (χ0) is 16.5. The van der Waals surface area contributed by atoms with Gasteiger partial charge in [0, 0.05) is 18.5 Å². The predicted octanol–water partition coefficient (Wildman–Crippen LogP) is 1.27. The van der Waals surface area contributed by atoms with Gasteiger partial charge >= 0.3 is 0 Å². The molecule has 1 aromatic carbocycles. The lowest BCUT2D eigenvalue weighted by Gasteiger charge is -2.21. The summed E-state index contributed by atoms with van der Waals surface area (Å²) in [6, 6.07) is 9.22. The SMILES string of the molecule is O=C(c1cnsn1)N1C[C@H](O)C[C@H]1c1nc(-c2ccccc2)n[nH]1. The van der Waals surface area contributed by atoms with Crippen molar-refractivity contribution in [1.29, 1.82) is 0 Å². The lowest BCUT2D eigenvalue weighted by atomic mass is 10.2. The molecule has 0 radical (unpaired) electrons. The number of carbonyl (C=O) groups is 1. The molecule has 8 nitrogen and oxygen atoms in total. The van der Waals surface area contributed by atoms with E-state index in [2.05, 4.69) is 23.9 Å². The van der Waals surface area contributed by atoms with Crippen molar-refractivity contribution in [3.63, 3.8) is 0 Å². The summed E-state index contributed by atoms with van der Waals surface area (Å²) in [5.74, 6) is 0.861. The molecule has 4 rings (SSSR count). The molecule has 0 saturated carbocycles. The lowest BCUT2D eigenvalue weighted by Crippen LogP contribution is -2.32. The smallest absolute Gasteiger partial charge is 0.275 e. The van der Waals surface area contributed by atoms with Gasteiger partial charge in [0.1, 0.15) is 5.82 Å². The molecule has 1 saturated heterocycles. The van der Waals surface area contributed by atoms with Crippen molar-refractivity contribution in [2.45, 2.75) is 18.6 Å². The van der Waals surface area contributed by atoms with Crippen LogP contribution in [-0.2, 0) is 0 Å². The van der Waals surface area contributed by atoms with Gasteiger partial charge in [0.15, 0.2) is 11.5 Å². The largest absolute Gasteiger partial charge is 0.391 e. The maximum atomic E-state index is 12.6. The highest BCUT2D eigenvalue weighted by Crippen LogP contribution is 2.32. The van der Waals surface area contributed by atoms with Gasteiger partial charge in [0.2, 0.25) is 0 Å². The van der Waals surface area contributed by atoms with Gasteiger partial charge in [-0.15, -0.1) is 0 Å². The first kappa shape index (κ1) is 14.9. The Bertz CT molecular complexity index is 835. The number of nitrogens with one attached hydrogen (secondary N) is 1. The summed E-state index contributed by atoms with van der Waals surface area (Å²) in [5.41, 5.74) is 1.17. The van der Waals surface area contributed by atoms with Gasteiger partial charge in [-0.2, -0.15) is 13.8 Å². The fourth-order valence-corrected chi connectivity index (χ4v) is 3.25.